The maximum atomic E-state index is 13.4. The van der Waals surface area contributed by atoms with Crippen molar-refractivity contribution in [2.24, 2.45) is 0 Å². The fourth-order valence-corrected chi connectivity index (χ4v) is 3.90. The van der Waals surface area contributed by atoms with E-state index in [1.54, 1.807) is 18.2 Å². The molecule has 0 saturated carbocycles. The molecule has 0 radical (unpaired) electrons. The highest BCUT2D eigenvalue weighted by atomic mass is 19.1. The minimum Gasteiger partial charge on any atom is -0.496 e. The summed E-state index contributed by atoms with van der Waals surface area (Å²) in [4.78, 5) is 23.3. The van der Waals surface area contributed by atoms with Gasteiger partial charge in [0, 0.05) is 30.9 Å². The van der Waals surface area contributed by atoms with Gasteiger partial charge in [-0.3, -0.25) is 4.79 Å². The van der Waals surface area contributed by atoms with Gasteiger partial charge in [0.15, 0.2) is 0 Å². The third kappa shape index (κ3) is 4.74. The number of benzene rings is 2. The molecule has 2 N–H and O–H groups in total. The standard InChI is InChI=1S/C22H24FNO5/c1-13(25)24-22(2)11-19(14-4-7-16(23)8-5-14)29-20(12-22)17-10-15(21(26)27)6-9-18(17)28-3/h4-10,19-20H,11-12H2,1-3H3,(H,24,25)(H,26,27)/t19-,20+,22+/m0/s1. The van der Waals surface area contributed by atoms with Crippen molar-refractivity contribution in [1.29, 1.82) is 0 Å². The molecule has 3 atom stereocenters. The van der Waals surface area contributed by atoms with Crippen molar-refractivity contribution in [3.05, 3.63) is 65.0 Å². The maximum Gasteiger partial charge on any atom is 0.335 e. The molecule has 0 bridgehead atoms. The van der Waals surface area contributed by atoms with Crippen LogP contribution in [0.5, 0.6) is 5.75 Å². The maximum absolute atomic E-state index is 13.4. The zero-order valence-corrected chi connectivity index (χ0v) is 16.6. The molecule has 3 rings (SSSR count). The van der Waals surface area contributed by atoms with Crippen LogP contribution >= 0.6 is 0 Å². The monoisotopic (exact) mass is 401 g/mol. The van der Waals surface area contributed by atoms with E-state index in [4.69, 9.17) is 9.47 Å². The van der Waals surface area contributed by atoms with Gasteiger partial charge in [-0.1, -0.05) is 12.1 Å². The van der Waals surface area contributed by atoms with Gasteiger partial charge in [0.1, 0.15) is 11.6 Å². The zero-order chi connectivity index (χ0) is 21.2. The summed E-state index contributed by atoms with van der Waals surface area (Å²) in [6, 6.07) is 10.6. The van der Waals surface area contributed by atoms with Crippen LogP contribution in [0.2, 0.25) is 0 Å². The van der Waals surface area contributed by atoms with Gasteiger partial charge in [-0.25, -0.2) is 9.18 Å². The van der Waals surface area contributed by atoms with E-state index in [9.17, 15) is 19.1 Å². The number of hydrogen-bond donors (Lipinski definition) is 2. The summed E-state index contributed by atoms with van der Waals surface area (Å²) in [5.41, 5.74) is 0.893. The number of amides is 1. The minimum absolute atomic E-state index is 0.120. The van der Waals surface area contributed by atoms with Crippen molar-refractivity contribution in [1.82, 2.24) is 5.32 Å². The molecule has 1 saturated heterocycles. The predicted octanol–water partition coefficient (Wildman–Crippen LogP) is 4.02. The average molecular weight is 401 g/mol. The largest absolute Gasteiger partial charge is 0.496 e. The Morgan fingerprint density at radius 2 is 1.83 bits per heavy atom. The van der Waals surface area contributed by atoms with E-state index < -0.39 is 23.7 Å². The first kappa shape index (κ1) is 20.8. The van der Waals surface area contributed by atoms with E-state index in [-0.39, 0.29) is 17.3 Å². The first-order chi connectivity index (χ1) is 13.7. The normalized spacial score (nSPS) is 24.0. The lowest BCUT2D eigenvalue weighted by molar-refractivity contribution is -0.126. The third-order valence-electron chi connectivity index (χ3n) is 5.14. The Hall–Kier alpha value is -2.93. The van der Waals surface area contributed by atoms with Crippen molar-refractivity contribution in [3.63, 3.8) is 0 Å². The van der Waals surface area contributed by atoms with E-state index in [0.717, 1.165) is 5.56 Å². The van der Waals surface area contributed by atoms with Gasteiger partial charge in [-0.05, 0) is 42.8 Å². The fourth-order valence-electron chi connectivity index (χ4n) is 3.90. The molecule has 7 heteroatoms. The van der Waals surface area contributed by atoms with Crippen LogP contribution in [-0.2, 0) is 9.53 Å². The van der Waals surface area contributed by atoms with Crippen LogP contribution in [0.1, 0.15) is 60.4 Å². The summed E-state index contributed by atoms with van der Waals surface area (Å²) in [6.07, 6.45) is -0.00592. The summed E-state index contributed by atoms with van der Waals surface area (Å²) in [6.45, 7) is 3.38. The molecule has 0 aliphatic carbocycles. The number of halogens is 1. The molecule has 1 aliphatic heterocycles. The summed E-state index contributed by atoms with van der Waals surface area (Å²) < 4.78 is 25.1. The van der Waals surface area contributed by atoms with Crippen LogP contribution in [-0.4, -0.2) is 29.6 Å². The van der Waals surface area contributed by atoms with Crippen LogP contribution in [0.15, 0.2) is 42.5 Å². The van der Waals surface area contributed by atoms with Crippen molar-refractivity contribution in [2.75, 3.05) is 7.11 Å². The molecule has 1 amide bonds. The molecular weight excluding hydrogens is 377 g/mol. The van der Waals surface area contributed by atoms with Crippen molar-refractivity contribution in [2.45, 2.75) is 44.4 Å². The molecule has 154 valence electrons. The Balaban J connectivity index is 2.03. The van der Waals surface area contributed by atoms with Gasteiger partial charge in [-0.15, -0.1) is 0 Å². The quantitative estimate of drug-likeness (QED) is 0.791. The summed E-state index contributed by atoms with van der Waals surface area (Å²) >= 11 is 0. The minimum atomic E-state index is -1.05. The average Bonchev–Trinajstić information content (AvgIpc) is 2.66. The fraction of sp³-hybridized carbons (Fsp3) is 0.364. The second-order valence-corrected chi connectivity index (χ2v) is 7.58. The zero-order valence-electron chi connectivity index (χ0n) is 16.6. The Kier molecular flexibility index (Phi) is 5.88. The topological polar surface area (TPSA) is 84.9 Å². The summed E-state index contributed by atoms with van der Waals surface area (Å²) in [5.74, 6) is -1.06. The van der Waals surface area contributed by atoms with E-state index in [1.807, 2.05) is 6.92 Å². The van der Waals surface area contributed by atoms with Crippen LogP contribution in [0.25, 0.3) is 0 Å². The second-order valence-electron chi connectivity index (χ2n) is 7.58. The Labute approximate surface area is 168 Å². The van der Waals surface area contributed by atoms with E-state index >= 15 is 0 Å². The lowest BCUT2D eigenvalue weighted by Gasteiger charge is -2.43. The second kappa shape index (κ2) is 8.21. The first-order valence-electron chi connectivity index (χ1n) is 9.31. The number of hydrogen-bond acceptors (Lipinski definition) is 4. The highest BCUT2D eigenvalue weighted by Gasteiger charge is 2.40. The number of methoxy groups -OCH3 is 1. The molecule has 1 fully saturated rings. The van der Waals surface area contributed by atoms with Crippen LogP contribution in [0.4, 0.5) is 4.39 Å². The molecule has 2 aromatic rings. The predicted molar refractivity (Wildman–Crippen MR) is 104 cm³/mol. The smallest absolute Gasteiger partial charge is 0.335 e. The van der Waals surface area contributed by atoms with E-state index in [2.05, 4.69) is 5.32 Å². The number of aromatic carboxylic acids is 1. The molecule has 2 aromatic carbocycles. The Morgan fingerprint density at radius 3 is 2.41 bits per heavy atom. The molecule has 0 spiro atoms. The number of rotatable bonds is 5. The van der Waals surface area contributed by atoms with E-state index in [1.165, 1.54) is 38.3 Å². The van der Waals surface area contributed by atoms with Crippen molar-refractivity contribution >= 4 is 11.9 Å². The Morgan fingerprint density at radius 1 is 1.17 bits per heavy atom. The number of carbonyl (C=O) groups is 2. The first-order valence-corrected chi connectivity index (χ1v) is 9.31. The lowest BCUT2D eigenvalue weighted by Crippen LogP contribution is -2.50. The summed E-state index contributed by atoms with van der Waals surface area (Å²) in [7, 11) is 1.51. The number of ether oxygens (including phenoxy) is 2. The SMILES string of the molecule is COc1ccc(C(=O)O)cc1[C@H]1C[C@](C)(NC(C)=O)C[C@@H](c2ccc(F)cc2)O1. The Bertz CT molecular complexity index is 914. The summed E-state index contributed by atoms with van der Waals surface area (Å²) in [5, 5.41) is 12.4. The van der Waals surface area contributed by atoms with Crippen LogP contribution in [0.3, 0.4) is 0 Å². The van der Waals surface area contributed by atoms with Crippen LogP contribution < -0.4 is 10.1 Å². The van der Waals surface area contributed by atoms with E-state index in [0.29, 0.717) is 24.2 Å². The van der Waals surface area contributed by atoms with Gasteiger partial charge >= 0.3 is 5.97 Å². The molecule has 1 aliphatic rings. The molecule has 6 nitrogen and oxygen atoms in total. The third-order valence-corrected chi connectivity index (χ3v) is 5.14. The molecule has 29 heavy (non-hydrogen) atoms. The van der Waals surface area contributed by atoms with Gasteiger partial charge in [-0.2, -0.15) is 0 Å². The van der Waals surface area contributed by atoms with Gasteiger partial charge in [0.05, 0.1) is 24.9 Å². The highest BCUT2D eigenvalue weighted by Crippen LogP contribution is 2.45. The highest BCUT2D eigenvalue weighted by molar-refractivity contribution is 5.88. The number of carboxylic acid groups (broad SMARTS) is 1. The van der Waals surface area contributed by atoms with Gasteiger partial charge in [0.25, 0.3) is 0 Å². The molecule has 0 unspecified atom stereocenters. The number of carbonyl (C=O) groups excluding carboxylic acids is 1. The number of carboxylic acids is 1. The molecular formula is C22H24FNO5. The van der Waals surface area contributed by atoms with Crippen LogP contribution in [0, 0.1) is 5.82 Å². The lowest BCUT2D eigenvalue weighted by atomic mass is 9.81. The van der Waals surface area contributed by atoms with Crippen molar-refractivity contribution < 1.29 is 28.6 Å². The van der Waals surface area contributed by atoms with Crippen molar-refractivity contribution in [3.8, 4) is 5.75 Å². The number of nitrogens with one attached hydrogen (secondary N) is 1. The van der Waals surface area contributed by atoms with Gasteiger partial charge < -0.3 is 19.9 Å². The molecule has 1 heterocycles. The molecule has 0 aromatic heterocycles. The van der Waals surface area contributed by atoms with Gasteiger partial charge in [0.2, 0.25) is 5.91 Å².